The van der Waals surface area contributed by atoms with Crippen molar-refractivity contribution >= 4 is 28.6 Å². The SMILES string of the molecule is CSCNC(=O)C(C)(C)C1(F)C[C@H]2CC(c3ccnc4ccc(F)cc34)C[C@H]2C1. The zero-order valence-corrected chi connectivity index (χ0v) is 18.0. The molecule has 4 rings (SSSR count). The first kappa shape index (κ1) is 20.6. The van der Waals surface area contributed by atoms with Gasteiger partial charge in [0.05, 0.1) is 16.8 Å². The van der Waals surface area contributed by atoms with Gasteiger partial charge in [-0.3, -0.25) is 9.78 Å². The molecule has 4 atom stereocenters. The molecule has 156 valence electrons. The van der Waals surface area contributed by atoms with Crippen molar-refractivity contribution in [3.8, 4) is 0 Å². The van der Waals surface area contributed by atoms with E-state index in [1.165, 1.54) is 17.8 Å². The van der Waals surface area contributed by atoms with Gasteiger partial charge in [-0.25, -0.2) is 8.78 Å². The molecule has 2 aromatic rings. The van der Waals surface area contributed by atoms with E-state index in [0.29, 0.717) is 18.7 Å². The van der Waals surface area contributed by atoms with E-state index in [2.05, 4.69) is 10.3 Å². The summed E-state index contributed by atoms with van der Waals surface area (Å²) >= 11 is 1.52. The van der Waals surface area contributed by atoms with Gasteiger partial charge in [0.25, 0.3) is 0 Å². The summed E-state index contributed by atoms with van der Waals surface area (Å²) in [5.41, 5.74) is -0.616. The summed E-state index contributed by atoms with van der Waals surface area (Å²) in [6.45, 7) is 3.47. The Balaban J connectivity index is 1.52. The normalized spacial score (nSPS) is 29.2. The minimum absolute atomic E-state index is 0.207. The van der Waals surface area contributed by atoms with Crippen LogP contribution in [0.25, 0.3) is 10.9 Å². The molecule has 2 saturated carbocycles. The van der Waals surface area contributed by atoms with Crippen LogP contribution < -0.4 is 5.32 Å². The maximum Gasteiger partial charge on any atom is 0.229 e. The number of nitrogens with zero attached hydrogens (tertiary/aromatic N) is 1. The highest BCUT2D eigenvalue weighted by Gasteiger charge is 2.59. The van der Waals surface area contributed by atoms with E-state index in [1.807, 2.05) is 12.3 Å². The molecule has 0 spiro atoms. The second-order valence-electron chi connectivity index (χ2n) is 9.19. The van der Waals surface area contributed by atoms with Crippen LogP contribution in [0.4, 0.5) is 8.78 Å². The molecule has 0 saturated heterocycles. The van der Waals surface area contributed by atoms with Crippen LogP contribution in [0.1, 0.15) is 51.0 Å². The Hall–Kier alpha value is -1.69. The van der Waals surface area contributed by atoms with Crippen molar-refractivity contribution in [1.82, 2.24) is 10.3 Å². The van der Waals surface area contributed by atoms with Crippen molar-refractivity contribution in [2.24, 2.45) is 17.3 Å². The van der Waals surface area contributed by atoms with Gasteiger partial charge in [0.2, 0.25) is 5.91 Å². The van der Waals surface area contributed by atoms with Crippen molar-refractivity contribution in [3.63, 3.8) is 0 Å². The highest BCUT2D eigenvalue weighted by atomic mass is 32.2. The van der Waals surface area contributed by atoms with Crippen LogP contribution in [0.2, 0.25) is 0 Å². The Morgan fingerprint density at radius 1 is 1.28 bits per heavy atom. The summed E-state index contributed by atoms with van der Waals surface area (Å²) < 4.78 is 29.8. The summed E-state index contributed by atoms with van der Waals surface area (Å²) in [7, 11) is 0. The number of amides is 1. The van der Waals surface area contributed by atoms with E-state index in [1.54, 1.807) is 32.2 Å². The number of rotatable bonds is 5. The second kappa shape index (κ2) is 7.53. The molecular weight excluding hydrogens is 390 g/mol. The second-order valence-corrected chi connectivity index (χ2v) is 10.1. The van der Waals surface area contributed by atoms with Crippen LogP contribution in [0, 0.1) is 23.1 Å². The number of fused-ring (bicyclic) bond motifs is 2. The highest BCUT2D eigenvalue weighted by Crippen LogP contribution is 2.60. The first-order valence-corrected chi connectivity index (χ1v) is 11.6. The molecule has 1 N–H and O–H groups in total. The van der Waals surface area contributed by atoms with Gasteiger partial charge in [0.15, 0.2) is 0 Å². The molecule has 2 fully saturated rings. The van der Waals surface area contributed by atoms with E-state index in [-0.39, 0.29) is 29.5 Å². The third kappa shape index (κ3) is 3.54. The zero-order chi connectivity index (χ0) is 20.8. The molecule has 3 nitrogen and oxygen atoms in total. The summed E-state index contributed by atoms with van der Waals surface area (Å²) in [5, 5.41) is 3.70. The fourth-order valence-electron chi connectivity index (χ4n) is 5.45. The van der Waals surface area contributed by atoms with Crippen LogP contribution in [0.3, 0.4) is 0 Å². The molecule has 1 heterocycles. The van der Waals surface area contributed by atoms with Gasteiger partial charge >= 0.3 is 0 Å². The molecule has 2 aliphatic carbocycles. The number of carbonyl (C=O) groups excluding carboxylic acids is 1. The Labute approximate surface area is 175 Å². The lowest BCUT2D eigenvalue weighted by atomic mass is 9.72. The van der Waals surface area contributed by atoms with Gasteiger partial charge in [0.1, 0.15) is 11.5 Å². The number of thioether (sulfide) groups is 1. The maximum absolute atomic E-state index is 16.0. The van der Waals surface area contributed by atoms with E-state index >= 15 is 4.39 Å². The standard InChI is InChI=1S/C23H28F2N2OS/c1-22(2,21(28)27-13-29-3)23(25)11-15-8-14(9-16(15)12-23)18-6-7-26-20-5-4-17(24)10-19(18)20/h4-7,10,14-16H,8-9,11-13H2,1-3H3,(H,27,28)/t14?,15-,16+,23?. The lowest BCUT2D eigenvalue weighted by molar-refractivity contribution is -0.138. The lowest BCUT2D eigenvalue weighted by Crippen LogP contribution is -2.50. The first-order valence-electron chi connectivity index (χ1n) is 10.3. The van der Waals surface area contributed by atoms with Crippen molar-refractivity contribution < 1.29 is 13.6 Å². The Bertz CT molecular complexity index is 918. The van der Waals surface area contributed by atoms with Gasteiger partial charge in [-0.05, 0) is 93.4 Å². The topological polar surface area (TPSA) is 42.0 Å². The number of hydrogen-bond donors (Lipinski definition) is 1. The van der Waals surface area contributed by atoms with Crippen molar-refractivity contribution in [3.05, 3.63) is 41.8 Å². The van der Waals surface area contributed by atoms with Gasteiger partial charge in [-0.1, -0.05) is 0 Å². The number of aromatic nitrogens is 1. The van der Waals surface area contributed by atoms with E-state index < -0.39 is 11.1 Å². The first-order chi connectivity index (χ1) is 13.7. The molecule has 0 aliphatic heterocycles. The van der Waals surface area contributed by atoms with Gasteiger partial charge in [-0.2, -0.15) is 0 Å². The predicted molar refractivity (Wildman–Crippen MR) is 114 cm³/mol. The quantitative estimate of drug-likeness (QED) is 0.657. The minimum atomic E-state index is -1.48. The largest absolute Gasteiger partial charge is 0.347 e. The predicted octanol–water partition coefficient (Wildman–Crippen LogP) is 5.45. The summed E-state index contributed by atoms with van der Waals surface area (Å²) in [4.78, 5) is 16.9. The monoisotopic (exact) mass is 418 g/mol. The fraction of sp³-hybridized carbons (Fsp3) is 0.565. The number of pyridine rings is 1. The number of halogens is 2. The molecule has 6 heteroatoms. The molecule has 0 bridgehead atoms. The molecule has 0 radical (unpaired) electrons. The van der Waals surface area contributed by atoms with E-state index in [4.69, 9.17) is 0 Å². The van der Waals surface area contributed by atoms with E-state index in [9.17, 15) is 9.18 Å². The maximum atomic E-state index is 16.0. The van der Waals surface area contributed by atoms with E-state index in [0.717, 1.165) is 29.3 Å². The highest BCUT2D eigenvalue weighted by molar-refractivity contribution is 7.98. The molecular formula is C23H28F2N2OS. The van der Waals surface area contributed by atoms with Gasteiger partial charge in [-0.15, -0.1) is 11.8 Å². The summed E-state index contributed by atoms with van der Waals surface area (Å²) in [6.07, 6.45) is 6.30. The minimum Gasteiger partial charge on any atom is -0.347 e. The number of benzene rings is 1. The Morgan fingerprint density at radius 2 is 1.97 bits per heavy atom. The third-order valence-corrected chi connectivity index (χ3v) is 7.69. The molecule has 2 unspecified atom stereocenters. The number of hydrogen-bond acceptors (Lipinski definition) is 3. The average Bonchev–Trinajstić information content (AvgIpc) is 3.21. The molecule has 1 aromatic heterocycles. The Kier molecular flexibility index (Phi) is 5.34. The number of nitrogens with one attached hydrogen (secondary N) is 1. The molecule has 29 heavy (non-hydrogen) atoms. The number of carbonyl (C=O) groups is 1. The van der Waals surface area contributed by atoms with Crippen LogP contribution >= 0.6 is 11.8 Å². The van der Waals surface area contributed by atoms with Crippen LogP contribution in [-0.4, -0.2) is 28.7 Å². The van der Waals surface area contributed by atoms with Crippen molar-refractivity contribution in [2.45, 2.75) is 51.1 Å². The third-order valence-electron chi connectivity index (χ3n) is 7.25. The lowest BCUT2D eigenvalue weighted by Gasteiger charge is -2.37. The molecule has 1 aromatic carbocycles. The van der Waals surface area contributed by atoms with Crippen molar-refractivity contribution in [1.29, 1.82) is 0 Å². The number of alkyl halides is 1. The molecule has 2 aliphatic rings. The van der Waals surface area contributed by atoms with Crippen molar-refractivity contribution in [2.75, 3.05) is 12.1 Å². The average molecular weight is 419 g/mol. The summed E-state index contributed by atoms with van der Waals surface area (Å²) in [6, 6.07) is 6.69. The van der Waals surface area contributed by atoms with Crippen LogP contribution in [0.5, 0.6) is 0 Å². The molecule has 1 amide bonds. The smallest absolute Gasteiger partial charge is 0.229 e. The van der Waals surface area contributed by atoms with Crippen LogP contribution in [0.15, 0.2) is 30.5 Å². The Morgan fingerprint density at radius 3 is 2.62 bits per heavy atom. The summed E-state index contributed by atoms with van der Waals surface area (Å²) in [5.74, 6) is 0.838. The fourth-order valence-corrected chi connectivity index (χ4v) is 5.72. The van der Waals surface area contributed by atoms with Gasteiger partial charge < -0.3 is 5.32 Å². The van der Waals surface area contributed by atoms with Gasteiger partial charge in [0, 0.05) is 11.6 Å². The van der Waals surface area contributed by atoms with Crippen LogP contribution in [-0.2, 0) is 4.79 Å². The zero-order valence-electron chi connectivity index (χ0n) is 17.2.